The number of anilines is 1. The molecular weight excluding hydrogens is 561 g/mol. The second-order valence-corrected chi connectivity index (χ2v) is 11.5. The zero-order valence-corrected chi connectivity index (χ0v) is 24.2. The maximum Gasteiger partial charge on any atom is 0.415 e. The Hall–Kier alpha value is -3.40. The average Bonchev–Trinajstić information content (AvgIpc) is 3.29. The van der Waals surface area contributed by atoms with Gasteiger partial charge in [-0.2, -0.15) is 0 Å². The second-order valence-electron chi connectivity index (χ2n) is 9.64. The average molecular weight is 591 g/mol. The number of nitrogens with zero attached hydrogens (tertiary/aromatic N) is 2. The molecule has 0 spiro atoms. The number of hydrogen-bond donors (Lipinski definition) is 2. The first-order valence-corrected chi connectivity index (χ1v) is 13.6. The summed E-state index contributed by atoms with van der Waals surface area (Å²) >= 11 is 13.6. The van der Waals surface area contributed by atoms with Crippen LogP contribution in [0, 0.1) is 0 Å². The van der Waals surface area contributed by atoms with Gasteiger partial charge in [0.1, 0.15) is 17.5 Å². The van der Waals surface area contributed by atoms with Crippen LogP contribution in [0.1, 0.15) is 47.3 Å². The van der Waals surface area contributed by atoms with Crippen LogP contribution >= 0.6 is 34.5 Å². The number of amides is 2. The van der Waals surface area contributed by atoms with E-state index in [4.69, 9.17) is 27.9 Å². The number of aliphatic carboxylic acids is 1. The van der Waals surface area contributed by atoms with Crippen molar-refractivity contribution >= 4 is 64.4 Å². The number of carbonyl (C=O) groups is 3. The van der Waals surface area contributed by atoms with E-state index in [0.29, 0.717) is 12.2 Å². The predicted octanol–water partition coefficient (Wildman–Crippen LogP) is 6.50. The number of allylic oxidation sites excluding steroid dienone is 1. The van der Waals surface area contributed by atoms with Crippen molar-refractivity contribution in [3.05, 3.63) is 85.7 Å². The highest BCUT2D eigenvalue weighted by Gasteiger charge is 2.24. The maximum absolute atomic E-state index is 12.7. The smallest absolute Gasteiger partial charge is 0.415 e. The van der Waals surface area contributed by atoms with Gasteiger partial charge in [0.25, 0.3) is 5.91 Å². The molecule has 39 heavy (non-hydrogen) atoms. The number of aromatic nitrogens is 1. The Labute approximate surface area is 241 Å². The lowest BCUT2D eigenvalue weighted by Gasteiger charge is -2.24. The number of thiophene rings is 1. The Kier molecular flexibility index (Phi) is 10.1. The molecule has 2 aromatic heterocycles. The molecule has 2 N–H and O–H groups in total. The Bertz CT molecular complexity index is 1360. The molecule has 2 amide bonds. The van der Waals surface area contributed by atoms with Crippen molar-refractivity contribution < 1.29 is 24.2 Å². The van der Waals surface area contributed by atoms with E-state index < -0.39 is 29.6 Å². The first-order valence-electron chi connectivity index (χ1n) is 12.0. The standard InChI is InChI=1S/C28H29Cl2N3O5S/c1-28(2,3)38-27(37)33(4)23-13-6-10-18(31-23)9-5-8-17-14-19(39-16-17)15-22(26(35)36)32-25(34)24-20(29)11-7-12-21(24)30/h5-8,10-14,16,22H,9,15H2,1-4H3,(H,32,34)(H,35,36)/b8-5+/t22-/m0/s1. The lowest BCUT2D eigenvalue weighted by atomic mass is 10.1. The molecule has 1 atom stereocenters. The molecule has 0 aliphatic carbocycles. The van der Waals surface area contributed by atoms with Gasteiger partial charge in [-0.25, -0.2) is 14.6 Å². The van der Waals surface area contributed by atoms with E-state index in [-0.39, 0.29) is 22.0 Å². The summed E-state index contributed by atoms with van der Waals surface area (Å²) in [6.07, 6.45) is 3.97. The number of halogens is 2. The molecule has 0 saturated heterocycles. The Morgan fingerprint density at radius 3 is 2.46 bits per heavy atom. The summed E-state index contributed by atoms with van der Waals surface area (Å²) in [7, 11) is 1.61. The third-order valence-corrected chi connectivity index (χ3v) is 6.92. The van der Waals surface area contributed by atoms with Gasteiger partial charge in [0.15, 0.2) is 0 Å². The van der Waals surface area contributed by atoms with E-state index in [1.165, 1.54) is 28.4 Å². The van der Waals surface area contributed by atoms with Crippen LogP contribution in [0.25, 0.3) is 6.08 Å². The summed E-state index contributed by atoms with van der Waals surface area (Å²) in [6.45, 7) is 5.41. The molecule has 8 nitrogen and oxygen atoms in total. The van der Waals surface area contributed by atoms with Gasteiger partial charge in [0.2, 0.25) is 0 Å². The van der Waals surface area contributed by atoms with Gasteiger partial charge in [-0.15, -0.1) is 11.3 Å². The highest BCUT2D eigenvalue weighted by Crippen LogP contribution is 2.25. The number of carbonyl (C=O) groups excluding carboxylic acids is 2. The molecule has 11 heteroatoms. The highest BCUT2D eigenvalue weighted by atomic mass is 35.5. The summed E-state index contributed by atoms with van der Waals surface area (Å²) in [6, 6.07) is 10.8. The molecule has 3 rings (SSSR count). The van der Waals surface area contributed by atoms with Crippen molar-refractivity contribution in [2.45, 2.75) is 45.3 Å². The predicted molar refractivity (Wildman–Crippen MR) is 155 cm³/mol. The van der Waals surface area contributed by atoms with Crippen LogP contribution in [0.4, 0.5) is 10.6 Å². The maximum atomic E-state index is 12.7. The minimum Gasteiger partial charge on any atom is -0.480 e. The largest absolute Gasteiger partial charge is 0.480 e. The van der Waals surface area contributed by atoms with Gasteiger partial charge in [-0.3, -0.25) is 9.69 Å². The first-order chi connectivity index (χ1) is 18.3. The Morgan fingerprint density at radius 1 is 1.15 bits per heavy atom. The van der Waals surface area contributed by atoms with Crippen LogP contribution < -0.4 is 10.2 Å². The van der Waals surface area contributed by atoms with E-state index >= 15 is 0 Å². The van der Waals surface area contributed by atoms with Crippen LogP contribution in [0.2, 0.25) is 10.0 Å². The van der Waals surface area contributed by atoms with Gasteiger partial charge in [0.05, 0.1) is 15.6 Å². The number of carboxylic acid groups (broad SMARTS) is 1. The lowest BCUT2D eigenvalue weighted by molar-refractivity contribution is -0.139. The first kappa shape index (κ1) is 30.1. The molecule has 0 bridgehead atoms. The second kappa shape index (κ2) is 13.1. The van der Waals surface area contributed by atoms with Crippen molar-refractivity contribution in [1.29, 1.82) is 0 Å². The normalized spacial score (nSPS) is 12.3. The number of nitrogens with one attached hydrogen (secondary N) is 1. The molecule has 0 radical (unpaired) electrons. The zero-order chi connectivity index (χ0) is 28.7. The van der Waals surface area contributed by atoms with E-state index in [1.54, 1.807) is 40.0 Å². The monoisotopic (exact) mass is 589 g/mol. The minimum atomic E-state index is -1.17. The molecule has 0 unspecified atom stereocenters. The van der Waals surface area contributed by atoms with Crippen molar-refractivity contribution in [2.75, 3.05) is 11.9 Å². The van der Waals surface area contributed by atoms with Crippen molar-refractivity contribution in [3.63, 3.8) is 0 Å². The molecule has 206 valence electrons. The van der Waals surface area contributed by atoms with Crippen molar-refractivity contribution in [3.8, 4) is 0 Å². The van der Waals surface area contributed by atoms with E-state index in [0.717, 1.165) is 16.1 Å². The van der Waals surface area contributed by atoms with Crippen molar-refractivity contribution in [2.24, 2.45) is 0 Å². The van der Waals surface area contributed by atoms with Gasteiger partial charge in [0, 0.05) is 30.5 Å². The van der Waals surface area contributed by atoms with Gasteiger partial charge < -0.3 is 15.2 Å². The van der Waals surface area contributed by atoms with Crippen LogP contribution in [-0.2, 0) is 22.4 Å². The lowest BCUT2D eigenvalue weighted by Crippen LogP contribution is -2.42. The fourth-order valence-electron chi connectivity index (χ4n) is 3.45. The molecule has 0 aliphatic heterocycles. The number of pyridine rings is 1. The summed E-state index contributed by atoms with van der Waals surface area (Å²) in [5, 5.41) is 14.4. The SMILES string of the molecule is CN(C(=O)OC(C)(C)C)c1cccc(C/C=C/c2csc(C[C@H](NC(=O)c3c(Cl)cccc3Cl)C(=O)O)c2)n1. The zero-order valence-electron chi connectivity index (χ0n) is 21.9. The highest BCUT2D eigenvalue weighted by molar-refractivity contribution is 7.10. The number of carboxylic acids is 1. The van der Waals surface area contributed by atoms with Crippen LogP contribution in [0.15, 0.2) is 53.9 Å². The minimum absolute atomic E-state index is 0.0388. The molecular formula is C28H29Cl2N3O5S. The number of hydrogen-bond acceptors (Lipinski definition) is 6. The molecule has 0 saturated carbocycles. The van der Waals surface area contributed by atoms with E-state index in [9.17, 15) is 19.5 Å². The summed E-state index contributed by atoms with van der Waals surface area (Å²) in [4.78, 5) is 43.5. The third kappa shape index (κ3) is 8.81. The van der Waals surface area contributed by atoms with Crippen molar-refractivity contribution in [1.82, 2.24) is 10.3 Å². The fraction of sp³-hybridized carbons (Fsp3) is 0.286. The molecule has 2 heterocycles. The van der Waals surface area contributed by atoms with Gasteiger partial charge >= 0.3 is 12.1 Å². The number of rotatable bonds is 9. The quantitative estimate of drug-likeness (QED) is 0.295. The topological polar surface area (TPSA) is 109 Å². The summed E-state index contributed by atoms with van der Waals surface area (Å²) in [5.74, 6) is -1.34. The summed E-state index contributed by atoms with van der Waals surface area (Å²) in [5.41, 5.74) is 1.09. The summed E-state index contributed by atoms with van der Waals surface area (Å²) < 4.78 is 5.39. The third-order valence-electron chi connectivity index (χ3n) is 5.31. The molecule has 0 aliphatic rings. The van der Waals surface area contributed by atoms with Gasteiger partial charge in [-0.05, 0) is 62.0 Å². The number of benzene rings is 1. The molecule has 1 aromatic carbocycles. The van der Waals surface area contributed by atoms with Crippen LogP contribution in [0.5, 0.6) is 0 Å². The van der Waals surface area contributed by atoms with Crippen LogP contribution in [0.3, 0.4) is 0 Å². The van der Waals surface area contributed by atoms with Gasteiger partial charge in [-0.1, -0.05) is 47.5 Å². The molecule has 0 fully saturated rings. The Morgan fingerprint density at radius 2 is 1.82 bits per heavy atom. The fourth-order valence-corrected chi connectivity index (χ4v) is 4.92. The van der Waals surface area contributed by atoms with E-state index in [2.05, 4.69) is 10.3 Å². The van der Waals surface area contributed by atoms with E-state index in [1.807, 2.05) is 35.7 Å². The van der Waals surface area contributed by atoms with Crippen LogP contribution in [-0.4, -0.2) is 46.8 Å². The molecule has 3 aromatic rings. The number of ether oxygens (including phenoxy) is 1. The Balaban J connectivity index is 1.62.